The molecule has 4 bridgehead atoms. The van der Waals surface area contributed by atoms with Gasteiger partial charge >= 0.3 is 0 Å². The van der Waals surface area contributed by atoms with Crippen molar-refractivity contribution in [3.63, 3.8) is 0 Å². The number of ether oxygens (including phenoxy) is 1. The summed E-state index contributed by atoms with van der Waals surface area (Å²) in [4.78, 5) is 13.3. The minimum atomic E-state index is -1.32. The van der Waals surface area contributed by atoms with Crippen LogP contribution in [0.25, 0.3) is 0 Å². The van der Waals surface area contributed by atoms with E-state index in [0.717, 1.165) is 24.4 Å². The van der Waals surface area contributed by atoms with Crippen LogP contribution in [-0.4, -0.2) is 96.4 Å². The highest BCUT2D eigenvalue weighted by Gasteiger charge is 2.51. The summed E-state index contributed by atoms with van der Waals surface area (Å²) in [5.74, 6) is 2.24. The maximum atomic E-state index is 11.7. The first kappa shape index (κ1) is 25.0. The third-order valence-corrected chi connectivity index (χ3v) is 8.85. The molecule has 6 rings (SSSR count). The molecule has 1 aromatic heterocycles. The predicted octanol–water partition coefficient (Wildman–Crippen LogP) is -0.767. The molecule has 1 aliphatic heterocycles. The number of piperidine rings is 1. The molecular formula is C24H39N5O6. The third-order valence-electron chi connectivity index (χ3n) is 8.85. The van der Waals surface area contributed by atoms with Crippen molar-refractivity contribution in [2.75, 3.05) is 19.8 Å². The highest BCUT2D eigenvalue weighted by Crippen LogP contribution is 2.60. The number of rotatable bonds is 9. The summed E-state index contributed by atoms with van der Waals surface area (Å²) in [7, 11) is 0. The minimum absolute atomic E-state index is 0.172. The van der Waals surface area contributed by atoms with Crippen LogP contribution in [0, 0.1) is 23.2 Å². The number of carbonyl (C=O) groups excluding carboxylic acids is 1. The molecule has 5 N–H and O–H groups in total. The lowest BCUT2D eigenvalue weighted by atomic mass is 9.50. The van der Waals surface area contributed by atoms with E-state index in [1.165, 1.54) is 45.4 Å². The molecule has 0 unspecified atom stereocenters. The Bertz CT molecular complexity index is 860. The molecule has 11 heteroatoms. The van der Waals surface area contributed by atoms with Crippen LogP contribution in [0.15, 0.2) is 6.20 Å². The zero-order chi connectivity index (χ0) is 24.7. The van der Waals surface area contributed by atoms with Crippen molar-refractivity contribution in [3.8, 4) is 0 Å². The first-order chi connectivity index (χ1) is 16.8. The second kappa shape index (κ2) is 10.0. The van der Waals surface area contributed by atoms with Crippen molar-refractivity contribution < 1.29 is 30.0 Å². The van der Waals surface area contributed by atoms with Crippen molar-refractivity contribution in [3.05, 3.63) is 11.9 Å². The van der Waals surface area contributed by atoms with Gasteiger partial charge in [-0.05, 0) is 61.7 Å². The van der Waals surface area contributed by atoms with Gasteiger partial charge in [0.15, 0.2) is 0 Å². The van der Waals surface area contributed by atoms with Gasteiger partial charge in [-0.15, -0.1) is 5.10 Å². The Morgan fingerprint density at radius 1 is 1.09 bits per heavy atom. The quantitative estimate of drug-likeness (QED) is 0.298. The zero-order valence-electron chi connectivity index (χ0n) is 20.4. The van der Waals surface area contributed by atoms with E-state index in [1.54, 1.807) is 15.8 Å². The fourth-order valence-electron chi connectivity index (χ4n) is 7.88. The standard InChI is InChI=1S/C24H39N5O6/c1-14(32)25-21-19(10-30)29(20(11-31)22(33)23(21)34)9-18-8-28(27-26-18)13-35-12-24-5-15-2-16(6-24)4-17(3-15)7-24/h8,15-17,19-23,30-31,33-34H,2-7,9-13H2,1H3,(H,25,32)/t15?,16?,17?,19-,20-,21+,22-,23-,24?/m1/s1. The van der Waals surface area contributed by atoms with E-state index < -0.39 is 36.9 Å². The predicted molar refractivity (Wildman–Crippen MR) is 123 cm³/mol. The van der Waals surface area contributed by atoms with Gasteiger partial charge in [-0.25, -0.2) is 4.68 Å². The van der Waals surface area contributed by atoms with Crippen molar-refractivity contribution in [1.82, 2.24) is 25.2 Å². The van der Waals surface area contributed by atoms with Gasteiger partial charge in [0.2, 0.25) is 5.91 Å². The summed E-state index contributed by atoms with van der Waals surface area (Å²) in [6.07, 6.45) is 7.19. The molecule has 2 heterocycles. The second-order valence-corrected chi connectivity index (χ2v) is 11.5. The summed E-state index contributed by atoms with van der Waals surface area (Å²) in [5, 5.41) is 52.0. The molecule has 0 aromatic carbocycles. The minimum Gasteiger partial charge on any atom is -0.395 e. The number of aromatic nitrogens is 3. The van der Waals surface area contributed by atoms with Crippen LogP contribution in [0.2, 0.25) is 0 Å². The molecule has 11 nitrogen and oxygen atoms in total. The Balaban J connectivity index is 1.21. The van der Waals surface area contributed by atoms with Gasteiger partial charge in [0.25, 0.3) is 0 Å². The van der Waals surface area contributed by atoms with Crippen LogP contribution in [0.5, 0.6) is 0 Å². The van der Waals surface area contributed by atoms with Gasteiger partial charge in [0.1, 0.15) is 12.8 Å². The highest BCUT2D eigenvalue weighted by atomic mass is 16.5. The lowest BCUT2D eigenvalue weighted by Crippen LogP contribution is -2.71. The largest absolute Gasteiger partial charge is 0.395 e. The van der Waals surface area contributed by atoms with Crippen LogP contribution in [0.3, 0.4) is 0 Å². The molecule has 5 fully saturated rings. The monoisotopic (exact) mass is 493 g/mol. The van der Waals surface area contributed by atoms with Crippen LogP contribution >= 0.6 is 0 Å². The Morgan fingerprint density at radius 2 is 1.71 bits per heavy atom. The Labute approximate surface area is 205 Å². The summed E-state index contributed by atoms with van der Waals surface area (Å²) < 4.78 is 7.77. The molecule has 5 aliphatic rings. The van der Waals surface area contributed by atoms with E-state index in [1.807, 2.05) is 0 Å². The fraction of sp³-hybridized carbons (Fsp3) is 0.875. The van der Waals surface area contributed by atoms with Gasteiger partial charge in [-0.2, -0.15) is 0 Å². The van der Waals surface area contributed by atoms with E-state index in [4.69, 9.17) is 4.74 Å². The van der Waals surface area contributed by atoms with E-state index in [0.29, 0.717) is 17.8 Å². The maximum Gasteiger partial charge on any atom is 0.217 e. The number of amides is 1. The number of nitrogens with zero attached hydrogens (tertiary/aromatic N) is 4. The molecule has 1 aromatic rings. The number of likely N-dealkylation sites (tertiary alicyclic amines) is 1. The number of nitrogens with one attached hydrogen (secondary N) is 1. The molecule has 196 valence electrons. The van der Waals surface area contributed by atoms with Crippen LogP contribution < -0.4 is 5.32 Å². The van der Waals surface area contributed by atoms with Gasteiger partial charge < -0.3 is 30.5 Å². The molecular weight excluding hydrogens is 454 g/mol. The van der Waals surface area contributed by atoms with E-state index >= 15 is 0 Å². The SMILES string of the molecule is CC(=O)N[C@@H]1[C@@H](O)[C@H](O)[C@@H](CO)N(Cc2cn(COCC34CC5CC(CC(C5)C3)C4)nn2)[C@@H]1CO. The Hall–Kier alpha value is -1.63. The van der Waals surface area contributed by atoms with Crippen LogP contribution in [0.4, 0.5) is 0 Å². The lowest BCUT2D eigenvalue weighted by molar-refractivity contribution is -0.147. The number of carbonyl (C=O) groups is 1. The highest BCUT2D eigenvalue weighted by molar-refractivity contribution is 5.73. The molecule has 5 atom stereocenters. The Morgan fingerprint density at radius 3 is 2.29 bits per heavy atom. The molecule has 4 aliphatic carbocycles. The molecule has 35 heavy (non-hydrogen) atoms. The van der Waals surface area contributed by atoms with E-state index in [2.05, 4.69) is 15.6 Å². The summed E-state index contributed by atoms with van der Waals surface area (Å²) in [6, 6.07) is -2.44. The number of aliphatic hydroxyl groups excluding tert-OH is 4. The van der Waals surface area contributed by atoms with Gasteiger partial charge in [0.05, 0.1) is 55.9 Å². The first-order valence-corrected chi connectivity index (χ1v) is 12.9. The lowest BCUT2D eigenvalue weighted by Gasteiger charge is -2.56. The van der Waals surface area contributed by atoms with Gasteiger partial charge in [-0.3, -0.25) is 9.69 Å². The van der Waals surface area contributed by atoms with Crippen LogP contribution in [-0.2, 0) is 22.8 Å². The Kier molecular flexibility index (Phi) is 7.17. The third kappa shape index (κ3) is 4.99. The summed E-state index contributed by atoms with van der Waals surface area (Å²) >= 11 is 0. The summed E-state index contributed by atoms with van der Waals surface area (Å²) in [5.41, 5.74) is 0.898. The van der Waals surface area contributed by atoms with Crippen molar-refractivity contribution >= 4 is 5.91 Å². The van der Waals surface area contributed by atoms with Crippen molar-refractivity contribution in [2.45, 2.75) is 89.1 Å². The smallest absolute Gasteiger partial charge is 0.217 e. The van der Waals surface area contributed by atoms with Crippen molar-refractivity contribution in [1.29, 1.82) is 0 Å². The second-order valence-electron chi connectivity index (χ2n) is 11.5. The zero-order valence-corrected chi connectivity index (χ0v) is 20.4. The molecule has 1 saturated heterocycles. The average Bonchev–Trinajstić information content (AvgIpc) is 3.23. The maximum absolute atomic E-state index is 11.7. The average molecular weight is 494 g/mol. The van der Waals surface area contributed by atoms with E-state index in [9.17, 15) is 25.2 Å². The molecule has 4 saturated carbocycles. The van der Waals surface area contributed by atoms with Crippen molar-refractivity contribution in [2.24, 2.45) is 23.2 Å². The molecule has 0 spiro atoms. The number of hydrogen-bond acceptors (Lipinski definition) is 9. The normalized spacial score (nSPS) is 40.8. The molecule has 0 radical (unpaired) electrons. The van der Waals surface area contributed by atoms with Gasteiger partial charge in [-0.1, -0.05) is 5.21 Å². The van der Waals surface area contributed by atoms with E-state index in [-0.39, 0.29) is 19.1 Å². The fourth-order valence-corrected chi connectivity index (χ4v) is 7.88. The molecule has 1 amide bonds. The topological polar surface area (TPSA) is 153 Å². The van der Waals surface area contributed by atoms with Gasteiger partial charge in [0, 0.05) is 13.5 Å². The summed E-state index contributed by atoms with van der Waals surface area (Å²) in [6.45, 7) is 1.73. The number of hydrogen-bond donors (Lipinski definition) is 5. The van der Waals surface area contributed by atoms with Crippen LogP contribution in [0.1, 0.15) is 51.1 Å². The number of aliphatic hydroxyl groups is 4. The first-order valence-electron chi connectivity index (χ1n) is 12.9.